The first-order valence-electron chi connectivity index (χ1n) is 10.4. The molecule has 32 heavy (non-hydrogen) atoms. The van der Waals surface area contributed by atoms with Crippen molar-refractivity contribution < 1.29 is 9.59 Å². The van der Waals surface area contributed by atoms with Crippen molar-refractivity contribution in [2.75, 3.05) is 10.2 Å². The van der Waals surface area contributed by atoms with Gasteiger partial charge in [-0.2, -0.15) is 0 Å². The highest BCUT2D eigenvalue weighted by Gasteiger charge is 2.17. The lowest BCUT2D eigenvalue weighted by Gasteiger charge is -2.17. The molecule has 0 fully saturated rings. The molecule has 1 aromatic heterocycles. The second-order valence-corrected chi connectivity index (χ2v) is 9.73. The molecule has 2 aromatic carbocycles. The molecule has 0 aliphatic heterocycles. The number of hydrogen-bond donors (Lipinski definition) is 1. The molecule has 2 amide bonds. The molecule has 7 heteroatoms. The molecule has 0 bridgehead atoms. The Bertz CT molecular complexity index is 1110. The van der Waals surface area contributed by atoms with Crippen molar-refractivity contribution in [1.29, 1.82) is 0 Å². The summed E-state index contributed by atoms with van der Waals surface area (Å²) in [4.78, 5) is 31.9. The smallest absolute Gasteiger partial charge is 0.248 e. The quantitative estimate of drug-likeness (QED) is 0.298. The third-order valence-corrected chi connectivity index (χ3v) is 6.91. The van der Waals surface area contributed by atoms with Gasteiger partial charge in [-0.15, -0.1) is 23.1 Å². The van der Waals surface area contributed by atoms with E-state index in [1.807, 2.05) is 66.5 Å². The lowest BCUT2D eigenvalue weighted by atomic mass is 10.2. The van der Waals surface area contributed by atoms with E-state index in [-0.39, 0.29) is 11.8 Å². The van der Waals surface area contributed by atoms with Gasteiger partial charge in [0.05, 0.1) is 11.4 Å². The van der Waals surface area contributed by atoms with E-state index in [1.54, 1.807) is 11.0 Å². The van der Waals surface area contributed by atoms with Crippen molar-refractivity contribution in [3.05, 3.63) is 71.2 Å². The first-order valence-corrected chi connectivity index (χ1v) is 12.2. The van der Waals surface area contributed by atoms with Gasteiger partial charge in [-0.25, -0.2) is 4.98 Å². The van der Waals surface area contributed by atoms with Gasteiger partial charge >= 0.3 is 0 Å². The van der Waals surface area contributed by atoms with Crippen LogP contribution in [0.4, 0.5) is 16.5 Å². The molecule has 1 unspecified atom stereocenters. The third-order valence-electron chi connectivity index (χ3n) is 4.80. The van der Waals surface area contributed by atoms with Crippen LogP contribution in [-0.2, 0) is 9.59 Å². The molecule has 0 aliphatic carbocycles. The molecule has 3 rings (SSSR count). The monoisotopic (exact) mass is 465 g/mol. The summed E-state index contributed by atoms with van der Waals surface area (Å²) in [7, 11) is 0. The summed E-state index contributed by atoms with van der Waals surface area (Å²) in [6, 6.07) is 15.5. The molecule has 1 N–H and O–H groups in total. The zero-order valence-corrected chi connectivity index (χ0v) is 20.3. The van der Waals surface area contributed by atoms with Crippen molar-refractivity contribution in [3.8, 4) is 0 Å². The van der Waals surface area contributed by atoms with Crippen LogP contribution >= 0.6 is 23.1 Å². The number of rotatable bonds is 8. The Hall–Kier alpha value is -2.90. The molecular weight excluding hydrogens is 438 g/mol. The molecule has 3 aromatic rings. The fourth-order valence-electron chi connectivity index (χ4n) is 2.96. The number of anilines is 3. The molecular formula is C25H27N3O2S2. The molecule has 0 saturated carbocycles. The number of aromatic nitrogens is 1. The molecule has 0 radical (unpaired) electrons. The van der Waals surface area contributed by atoms with Crippen LogP contribution in [0.25, 0.3) is 6.08 Å². The van der Waals surface area contributed by atoms with Gasteiger partial charge < -0.3 is 5.32 Å². The molecule has 5 nitrogen and oxygen atoms in total. The van der Waals surface area contributed by atoms with E-state index >= 15 is 0 Å². The summed E-state index contributed by atoms with van der Waals surface area (Å²) in [5.74, 6) is -0.347. The van der Waals surface area contributed by atoms with Crippen LogP contribution in [0.15, 0.2) is 64.9 Å². The summed E-state index contributed by atoms with van der Waals surface area (Å²) in [5.41, 5.74) is 3.20. The number of amides is 2. The summed E-state index contributed by atoms with van der Waals surface area (Å²) in [6.07, 6.45) is 4.22. The predicted octanol–water partition coefficient (Wildman–Crippen LogP) is 6.68. The van der Waals surface area contributed by atoms with Crippen LogP contribution in [-0.4, -0.2) is 22.0 Å². The van der Waals surface area contributed by atoms with E-state index in [0.717, 1.165) is 23.4 Å². The van der Waals surface area contributed by atoms with Gasteiger partial charge in [0.15, 0.2) is 5.13 Å². The highest BCUT2D eigenvalue weighted by Crippen LogP contribution is 2.30. The summed E-state index contributed by atoms with van der Waals surface area (Å²) < 4.78 is 0. The van der Waals surface area contributed by atoms with Crippen LogP contribution < -0.4 is 10.2 Å². The molecule has 0 aliphatic rings. The lowest BCUT2D eigenvalue weighted by molar-refractivity contribution is -0.116. The number of carbonyl (C=O) groups excluding carboxylic acids is 2. The third kappa shape index (κ3) is 6.31. The highest BCUT2D eigenvalue weighted by molar-refractivity contribution is 7.99. The zero-order valence-electron chi connectivity index (χ0n) is 18.7. The molecule has 1 atom stereocenters. The maximum absolute atomic E-state index is 12.4. The topological polar surface area (TPSA) is 62.3 Å². The lowest BCUT2D eigenvalue weighted by Crippen LogP contribution is -2.22. The zero-order chi connectivity index (χ0) is 23.1. The number of nitrogens with one attached hydrogen (secondary N) is 1. The fourth-order valence-corrected chi connectivity index (χ4v) is 4.84. The van der Waals surface area contributed by atoms with E-state index in [0.29, 0.717) is 16.1 Å². The van der Waals surface area contributed by atoms with Gasteiger partial charge in [0.1, 0.15) is 0 Å². The van der Waals surface area contributed by atoms with Crippen LogP contribution in [0.5, 0.6) is 0 Å². The second-order valence-electron chi connectivity index (χ2n) is 7.38. The maximum Gasteiger partial charge on any atom is 0.248 e. The number of para-hydroxylation sites is 1. The van der Waals surface area contributed by atoms with E-state index in [4.69, 9.17) is 0 Å². The van der Waals surface area contributed by atoms with E-state index in [1.165, 1.54) is 29.2 Å². The minimum Gasteiger partial charge on any atom is -0.322 e. The first kappa shape index (κ1) is 23.8. The van der Waals surface area contributed by atoms with E-state index in [9.17, 15) is 9.59 Å². The van der Waals surface area contributed by atoms with Crippen LogP contribution in [0.3, 0.4) is 0 Å². The van der Waals surface area contributed by atoms with E-state index in [2.05, 4.69) is 30.2 Å². The van der Waals surface area contributed by atoms with Gasteiger partial charge in [0.2, 0.25) is 11.8 Å². The van der Waals surface area contributed by atoms with Crippen LogP contribution in [0, 0.1) is 6.92 Å². The Labute approximate surface area is 197 Å². The number of nitrogens with zero attached hydrogens (tertiary/aromatic N) is 2. The standard InChI is InChI=1S/C25H27N3O2S2/c1-5-18(3)32-22-12-13-23(17(2)15-22)27-24(30)14-11-20-16-31-25(26-20)28(19(4)29)21-9-7-6-8-10-21/h6-16,18H,5H2,1-4H3,(H,27,30)/b14-11+. The number of thiazole rings is 1. The van der Waals surface area contributed by atoms with Gasteiger partial charge in [-0.1, -0.05) is 32.0 Å². The normalized spacial score (nSPS) is 12.0. The average Bonchev–Trinajstić information content (AvgIpc) is 3.23. The summed E-state index contributed by atoms with van der Waals surface area (Å²) >= 11 is 3.19. The number of aryl methyl sites for hydroxylation is 1. The number of hydrogen-bond acceptors (Lipinski definition) is 5. The Kier molecular flexibility index (Phi) is 8.25. The van der Waals surface area contributed by atoms with Gasteiger partial charge in [0, 0.05) is 34.2 Å². The fraction of sp³-hybridized carbons (Fsp3) is 0.240. The average molecular weight is 466 g/mol. The molecule has 166 valence electrons. The highest BCUT2D eigenvalue weighted by atomic mass is 32.2. The van der Waals surface area contributed by atoms with Crippen LogP contribution in [0.2, 0.25) is 0 Å². The van der Waals surface area contributed by atoms with Crippen molar-refractivity contribution >= 4 is 57.5 Å². The van der Waals surface area contributed by atoms with E-state index < -0.39 is 0 Å². The van der Waals surface area contributed by atoms with Crippen molar-refractivity contribution in [2.45, 2.75) is 44.3 Å². The van der Waals surface area contributed by atoms with Crippen molar-refractivity contribution in [2.24, 2.45) is 0 Å². The van der Waals surface area contributed by atoms with Gasteiger partial charge in [0.25, 0.3) is 0 Å². The molecule has 1 heterocycles. The van der Waals surface area contributed by atoms with Crippen LogP contribution in [0.1, 0.15) is 38.4 Å². The molecule has 0 spiro atoms. The minimum absolute atomic E-state index is 0.121. The number of benzene rings is 2. The van der Waals surface area contributed by atoms with Gasteiger partial charge in [-0.05, 0) is 55.3 Å². The summed E-state index contributed by atoms with van der Waals surface area (Å²) in [6.45, 7) is 7.88. The second kappa shape index (κ2) is 11.1. The first-order chi connectivity index (χ1) is 15.4. The SMILES string of the molecule is CCC(C)Sc1ccc(NC(=O)/C=C/c2csc(N(C(C)=O)c3ccccc3)n2)c(C)c1. The minimum atomic E-state index is -0.225. The van der Waals surface area contributed by atoms with Crippen molar-refractivity contribution in [3.63, 3.8) is 0 Å². The van der Waals surface area contributed by atoms with Crippen molar-refractivity contribution in [1.82, 2.24) is 4.98 Å². The Morgan fingerprint density at radius 3 is 2.62 bits per heavy atom. The largest absolute Gasteiger partial charge is 0.322 e. The Morgan fingerprint density at radius 2 is 1.97 bits per heavy atom. The number of carbonyl (C=O) groups is 2. The predicted molar refractivity (Wildman–Crippen MR) is 136 cm³/mol. The number of thioether (sulfide) groups is 1. The maximum atomic E-state index is 12.4. The Balaban J connectivity index is 1.66. The molecule has 0 saturated heterocycles. The van der Waals surface area contributed by atoms with Gasteiger partial charge in [-0.3, -0.25) is 14.5 Å². The Morgan fingerprint density at radius 1 is 1.22 bits per heavy atom. The summed E-state index contributed by atoms with van der Waals surface area (Å²) in [5, 5.41) is 5.87.